The van der Waals surface area contributed by atoms with Gasteiger partial charge < -0.3 is 19.8 Å². The number of amides is 2. The number of hydrogen-bond acceptors (Lipinski definition) is 6. The molecule has 1 heterocycles. The summed E-state index contributed by atoms with van der Waals surface area (Å²) in [5, 5.41) is 16.5. The normalized spacial score (nSPS) is 10.8. The number of aryl methyl sites for hydroxylation is 2. The van der Waals surface area contributed by atoms with E-state index < -0.39 is 18.4 Å². The molecule has 9 heteroatoms. The van der Waals surface area contributed by atoms with Crippen molar-refractivity contribution in [3.8, 4) is 34.0 Å². The molecule has 1 aromatic heterocycles. The molecule has 0 aliphatic rings. The van der Waals surface area contributed by atoms with E-state index in [1.54, 1.807) is 60.7 Å². The third-order valence-electron chi connectivity index (χ3n) is 7.85. The van der Waals surface area contributed by atoms with Crippen LogP contribution in [0.15, 0.2) is 126 Å². The van der Waals surface area contributed by atoms with Crippen LogP contribution >= 0.6 is 0 Å². The van der Waals surface area contributed by atoms with E-state index in [4.69, 9.17) is 4.52 Å². The highest BCUT2D eigenvalue weighted by Gasteiger charge is 2.20. The molecule has 0 saturated heterocycles. The minimum absolute atomic E-state index is 0.0716. The van der Waals surface area contributed by atoms with Gasteiger partial charge in [0, 0.05) is 34.5 Å². The molecule has 48 heavy (non-hydrogen) atoms. The number of nitrogens with zero attached hydrogens (tertiary/aromatic N) is 3. The Hall–Kier alpha value is -6.35. The van der Waals surface area contributed by atoms with Crippen LogP contribution in [0.1, 0.15) is 37.4 Å². The summed E-state index contributed by atoms with van der Waals surface area (Å²) in [4.78, 5) is 43.4. The van der Waals surface area contributed by atoms with E-state index in [2.05, 4.69) is 46.6 Å². The fourth-order valence-electron chi connectivity index (χ4n) is 5.14. The first-order valence-corrected chi connectivity index (χ1v) is 15.3. The highest BCUT2D eigenvalue weighted by atomic mass is 16.5. The van der Waals surface area contributed by atoms with Crippen molar-refractivity contribution in [1.82, 2.24) is 15.0 Å². The lowest BCUT2D eigenvalue weighted by molar-refractivity contribution is -0.137. The smallest absolute Gasteiger partial charge is 0.323 e. The van der Waals surface area contributed by atoms with Crippen LogP contribution in [0, 0.1) is 13.8 Å². The molecule has 0 aliphatic carbocycles. The third-order valence-corrected chi connectivity index (χ3v) is 7.85. The SMILES string of the molecule is Cc1ccc(C(=O)Nc2ccc(C(=O)N(CC(=O)O)Cc3ccc(-c4noc(-c5ccc(-c6ccc(C)cc6)cc5)n4)cc3)cc2)cc1. The lowest BCUT2D eigenvalue weighted by Gasteiger charge is -2.21. The van der Waals surface area contributed by atoms with Crippen molar-refractivity contribution < 1.29 is 24.0 Å². The van der Waals surface area contributed by atoms with E-state index in [0.29, 0.717) is 34.1 Å². The number of nitrogens with one attached hydrogen (secondary N) is 1. The van der Waals surface area contributed by atoms with Crippen molar-refractivity contribution in [3.05, 3.63) is 149 Å². The summed E-state index contributed by atoms with van der Waals surface area (Å²) in [6, 6.07) is 37.0. The number of carboxylic acids is 1. The monoisotopic (exact) mass is 636 g/mol. The molecule has 0 bridgehead atoms. The molecule has 0 aliphatic heterocycles. The van der Waals surface area contributed by atoms with Gasteiger partial charge in [-0.25, -0.2) is 0 Å². The second kappa shape index (κ2) is 14.0. The Morgan fingerprint density at radius 2 is 1.19 bits per heavy atom. The van der Waals surface area contributed by atoms with Crippen molar-refractivity contribution in [2.24, 2.45) is 0 Å². The van der Waals surface area contributed by atoms with Gasteiger partial charge >= 0.3 is 5.97 Å². The highest BCUT2D eigenvalue weighted by Crippen LogP contribution is 2.26. The summed E-state index contributed by atoms with van der Waals surface area (Å²) in [6.45, 7) is 3.59. The van der Waals surface area contributed by atoms with Crippen LogP contribution in [-0.2, 0) is 11.3 Å². The minimum Gasteiger partial charge on any atom is -0.480 e. The quantitative estimate of drug-likeness (QED) is 0.158. The maximum absolute atomic E-state index is 13.4. The molecule has 0 spiro atoms. The zero-order chi connectivity index (χ0) is 33.6. The fourth-order valence-corrected chi connectivity index (χ4v) is 5.14. The Kier molecular flexibility index (Phi) is 9.20. The maximum Gasteiger partial charge on any atom is 0.323 e. The third kappa shape index (κ3) is 7.54. The summed E-state index contributed by atoms with van der Waals surface area (Å²) in [5.74, 6) is -1.05. The Morgan fingerprint density at radius 3 is 1.79 bits per heavy atom. The summed E-state index contributed by atoms with van der Waals surface area (Å²) in [5.41, 5.74) is 8.03. The molecule has 0 saturated carbocycles. The Balaban J connectivity index is 1.10. The largest absolute Gasteiger partial charge is 0.480 e. The van der Waals surface area contributed by atoms with Gasteiger partial charge in [0.2, 0.25) is 5.82 Å². The van der Waals surface area contributed by atoms with Crippen molar-refractivity contribution in [3.63, 3.8) is 0 Å². The Morgan fingerprint density at radius 1 is 0.667 bits per heavy atom. The number of carbonyl (C=O) groups is 3. The summed E-state index contributed by atoms with van der Waals surface area (Å²) in [6.07, 6.45) is 0. The molecule has 2 amide bonds. The van der Waals surface area contributed by atoms with E-state index in [1.807, 2.05) is 43.3 Å². The van der Waals surface area contributed by atoms with Gasteiger partial charge in [0.05, 0.1) is 0 Å². The molecule has 9 nitrogen and oxygen atoms in total. The molecule has 0 atom stereocenters. The van der Waals surface area contributed by atoms with Crippen molar-refractivity contribution in [1.29, 1.82) is 0 Å². The van der Waals surface area contributed by atoms with Gasteiger partial charge in [-0.1, -0.05) is 89.1 Å². The lowest BCUT2D eigenvalue weighted by atomic mass is 10.0. The van der Waals surface area contributed by atoms with Crippen LogP contribution in [0.3, 0.4) is 0 Å². The number of hydrogen-bond donors (Lipinski definition) is 2. The first-order chi connectivity index (χ1) is 23.2. The molecule has 6 rings (SSSR count). The second-order valence-corrected chi connectivity index (χ2v) is 11.5. The number of carbonyl (C=O) groups excluding carboxylic acids is 2. The predicted octanol–water partition coefficient (Wildman–Crippen LogP) is 7.67. The minimum atomic E-state index is -1.13. The van der Waals surface area contributed by atoms with E-state index in [-0.39, 0.29) is 12.5 Å². The zero-order valence-corrected chi connectivity index (χ0v) is 26.4. The molecule has 0 fully saturated rings. The van der Waals surface area contributed by atoms with Crippen LogP contribution in [0.2, 0.25) is 0 Å². The average Bonchev–Trinajstić information content (AvgIpc) is 3.59. The predicted molar refractivity (Wildman–Crippen MR) is 183 cm³/mol. The molecular weight excluding hydrogens is 604 g/mol. The van der Waals surface area contributed by atoms with Crippen LogP contribution in [0.4, 0.5) is 5.69 Å². The van der Waals surface area contributed by atoms with Crippen molar-refractivity contribution >= 4 is 23.5 Å². The molecule has 0 unspecified atom stereocenters. The summed E-state index contributed by atoms with van der Waals surface area (Å²) < 4.78 is 5.54. The van der Waals surface area contributed by atoms with Crippen LogP contribution in [0.5, 0.6) is 0 Å². The van der Waals surface area contributed by atoms with Gasteiger partial charge in [-0.2, -0.15) is 4.98 Å². The zero-order valence-electron chi connectivity index (χ0n) is 26.4. The number of anilines is 1. The van der Waals surface area contributed by atoms with Crippen molar-refractivity contribution in [2.75, 3.05) is 11.9 Å². The van der Waals surface area contributed by atoms with Gasteiger partial charge in [-0.05, 0) is 79.1 Å². The molecule has 0 radical (unpaired) electrons. The van der Waals surface area contributed by atoms with Crippen molar-refractivity contribution in [2.45, 2.75) is 20.4 Å². The molecule has 2 N–H and O–H groups in total. The van der Waals surface area contributed by atoms with E-state index >= 15 is 0 Å². The fraction of sp³-hybridized carbons (Fsp3) is 0.103. The van der Waals surface area contributed by atoms with Crippen LogP contribution in [0.25, 0.3) is 34.0 Å². The number of aromatic nitrogens is 2. The van der Waals surface area contributed by atoms with E-state index in [0.717, 1.165) is 27.8 Å². The molecule has 6 aromatic rings. The number of benzene rings is 5. The van der Waals surface area contributed by atoms with E-state index in [9.17, 15) is 19.5 Å². The first-order valence-electron chi connectivity index (χ1n) is 15.3. The van der Waals surface area contributed by atoms with Gasteiger partial charge in [-0.15, -0.1) is 0 Å². The van der Waals surface area contributed by atoms with Crippen LogP contribution < -0.4 is 5.32 Å². The standard InChI is InChI=1S/C39H32N4O5/c1-25-3-9-28(10-4-25)29-15-17-32(18-16-29)38-41-36(42-48-38)30-13-7-27(8-14-30)23-43(24-35(44)45)39(47)33-19-21-34(22-20-33)40-37(46)31-11-5-26(2)6-12-31/h3-22H,23-24H2,1-2H3,(H,40,46)(H,44,45). The summed E-state index contributed by atoms with van der Waals surface area (Å²) >= 11 is 0. The lowest BCUT2D eigenvalue weighted by Crippen LogP contribution is -2.35. The average molecular weight is 637 g/mol. The Labute approximate surface area is 277 Å². The molecule has 5 aromatic carbocycles. The first kappa shape index (κ1) is 31.6. The second-order valence-electron chi connectivity index (χ2n) is 11.5. The maximum atomic E-state index is 13.4. The molecule has 238 valence electrons. The number of aliphatic carboxylic acids is 1. The Bertz CT molecular complexity index is 2050. The van der Waals surface area contributed by atoms with Gasteiger partial charge in [0.15, 0.2) is 0 Å². The number of rotatable bonds is 10. The van der Waals surface area contributed by atoms with E-state index in [1.165, 1.54) is 10.5 Å². The molecular formula is C39H32N4O5. The van der Waals surface area contributed by atoms with Gasteiger partial charge in [0.1, 0.15) is 6.54 Å². The highest BCUT2D eigenvalue weighted by molar-refractivity contribution is 6.04. The van der Waals surface area contributed by atoms with Gasteiger partial charge in [-0.3, -0.25) is 14.4 Å². The number of carboxylic acid groups (broad SMARTS) is 1. The van der Waals surface area contributed by atoms with Gasteiger partial charge in [0.25, 0.3) is 17.7 Å². The van der Waals surface area contributed by atoms with Crippen LogP contribution in [-0.4, -0.2) is 44.5 Å². The summed E-state index contributed by atoms with van der Waals surface area (Å²) in [7, 11) is 0. The topological polar surface area (TPSA) is 126 Å².